The summed E-state index contributed by atoms with van der Waals surface area (Å²) in [6, 6.07) is 16.1. The largest absolute Gasteiger partial charge is 0.326 e. The Balaban J connectivity index is 1.65. The second kappa shape index (κ2) is 7.35. The molecule has 0 saturated carbocycles. The van der Waals surface area contributed by atoms with Crippen molar-refractivity contribution in [1.82, 2.24) is 0 Å². The third-order valence-electron chi connectivity index (χ3n) is 3.43. The fraction of sp³-hybridized carbons (Fsp3) is 0.118. The van der Waals surface area contributed by atoms with Crippen molar-refractivity contribution in [3.05, 3.63) is 58.2 Å². The Morgan fingerprint density at radius 2 is 1.75 bits per heavy atom. The third-order valence-corrected chi connectivity index (χ3v) is 5.19. The highest BCUT2D eigenvalue weighted by Gasteiger charge is 2.41. The molecule has 0 unspecified atom stereocenters. The van der Waals surface area contributed by atoms with Gasteiger partial charge in [0.25, 0.3) is 5.24 Å². The van der Waals surface area contributed by atoms with Gasteiger partial charge in [0.1, 0.15) is 5.25 Å². The molecule has 24 heavy (non-hydrogen) atoms. The molecule has 3 amide bonds. The molecule has 1 aliphatic rings. The van der Waals surface area contributed by atoms with Crippen LogP contribution in [0.4, 0.5) is 16.2 Å². The lowest BCUT2D eigenvalue weighted by Crippen LogP contribution is -2.32. The summed E-state index contributed by atoms with van der Waals surface area (Å²) < 4.78 is 1.07. The van der Waals surface area contributed by atoms with Crippen molar-refractivity contribution in [1.29, 1.82) is 0 Å². The number of para-hydroxylation sites is 1. The van der Waals surface area contributed by atoms with Gasteiger partial charge in [0.15, 0.2) is 0 Å². The molecule has 0 spiro atoms. The number of amides is 3. The molecule has 1 saturated heterocycles. The molecular weight excluding hydrogens is 439 g/mol. The van der Waals surface area contributed by atoms with Crippen LogP contribution in [0.3, 0.4) is 0 Å². The Hall–Kier alpha value is -1.87. The van der Waals surface area contributed by atoms with Gasteiger partial charge in [-0.15, -0.1) is 0 Å². The number of hydrogen-bond donors (Lipinski definition) is 1. The number of imide groups is 1. The first kappa shape index (κ1) is 17.0. The van der Waals surface area contributed by atoms with E-state index in [4.69, 9.17) is 0 Å². The number of carbonyl (C=O) groups excluding carboxylic acids is 3. The second-order valence-electron chi connectivity index (χ2n) is 5.14. The second-order valence-corrected chi connectivity index (χ2v) is 7.54. The van der Waals surface area contributed by atoms with E-state index in [2.05, 4.69) is 27.9 Å². The monoisotopic (exact) mass is 452 g/mol. The molecule has 2 aromatic carbocycles. The summed E-state index contributed by atoms with van der Waals surface area (Å²) in [5.74, 6) is -0.640. The van der Waals surface area contributed by atoms with Crippen LogP contribution in [0.25, 0.3) is 0 Å². The Morgan fingerprint density at radius 1 is 1.08 bits per heavy atom. The summed E-state index contributed by atoms with van der Waals surface area (Å²) in [6.07, 6.45) is -0.0371. The van der Waals surface area contributed by atoms with E-state index in [1.807, 2.05) is 18.2 Å². The van der Waals surface area contributed by atoms with Gasteiger partial charge >= 0.3 is 0 Å². The van der Waals surface area contributed by atoms with Gasteiger partial charge in [-0.05, 0) is 70.8 Å². The predicted molar refractivity (Wildman–Crippen MR) is 103 cm³/mol. The number of thioether (sulfide) groups is 1. The molecule has 1 aliphatic heterocycles. The van der Waals surface area contributed by atoms with Crippen LogP contribution in [0, 0.1) is 3.57 Å². The highest BCUT2D eigenvalue weighted by atomic mass is 127. The summed E-state index contributed by atoms with van der Waals surface area (Å²) in [5, 5.41) is 1.71. The standard InChI is InChI=1S/C17H13IN2O3S/c18-11-6-8-12(9-7-11)19-15(21)10-14-16(22)20(17(23)24-14)13-4-2-1-3-5-13/h1-9,14H,10H2,(H,19,21)/t14-/m0/s1. The number of nitrogens with one attached hydrogen (secondary N) is 1. The number of benzene rings is 2. The van der Waals surface area contributed by atoms with Gasteiger partial charge < -0.3 is 5.32 Å². The van der Waals surface area contributed by atoms with Crippen LogP contribution < -0.4 is 10.2 Å². The third kappa shape index (κ3) is 3.78. The van der Waals surface area contributed by atoms with Gasteiger partial charge in [0.2, 0.25) is 11.8 Å². The molecule has 5 nitrogen and oxygen atoms in total. The van der Waals surface area contributed by atoms with E-state index in [-0.39, 0.29) is 23.5 Å². The maximum atomic E-state index is 12.5. The van der Waals surface area contributed by atoms with Gasteiger partial charge in [0.05, 0.1) is 5.69 Å². The fourth-order valence-electron chi connectivity index (χ4n) is 2.31. The maximum Gasteiger partial charge on any atom is 0.293 e. The van der Waals surface area contributed by atoms with Crippen LogP contribution in [0.15, 0.2) is 54.6 Å². The average Bonchev–Trinajstić information content (AvgIpc) is 2.84. The Morgan fingerprint density at radius 3 is 2.42 bits per heavy atom. The topological polar surface area (TPSA) is 66.5 Å². The van der Waals surface area contributed by atoms with E-state index in [0.29, 0.717) is 11.4 Å². The van der Waals surface area contributed by atoms with Crippen LogP contribution in [-0.4, -0.2) is 22.3 Å². The first-order valence-electron chi connectivity index (χ1n) is 7.19. The molecule has 1 N–H and O–H groups in total. The van der Waals surface area contributed by atoms with Gasteiger partial charge in [-0.2, -0.15) is 0 Å². The van der Waals surface area contributed by atoms with Gasteiger partial charge in [0, 0.05) is 15.7 Å². The Kier molecular flexibility index (Phi) is 5.20. The SMILES string of the molecule is O=C(C[C@@H]1SC(=O)N(c2ccccc2)C1=O)Nc1ccc(I)cc1. The number of anilines is 2. The summed E-state index contributed by atoms with van der Waals surface area (Å²) in [6.45, 7) is 0. The first-order valence-corrected chi connectivity index (χ1v) is 9.15. The number of halogens is 1. The van der Waals surface area contributed by atoms with Gasteiger partial charge in [-0.1, -0.05) is 18.2 Å². The lowest BCUT2D eigenvalue weighted by atomic mass is 10.2. The van der Waals surface area contributed by atoms with E-state index in [9.17, 15) is 14.4 Å². The zero-order chi connectivity index (χ0) is 17.1. The van der Waals surface area contributed by atoms with Crippen LogP contribution in [0.1, 0.15) is 6.42 Å². The highest BCUT2D eigenvalue weighted by Crippen LogP contribution is 2.33. The Bertz CT molecular complexity index is 780. The first-order chi connectivity index (χ1) is 11.5. The molecule has 1 heterocycles. The molecule has 7 heteroatoms. The molecule has 122 valence electrons. The van der Waals surface area contributed by atoms with Crippen LogP contribution in [0.2, 0.25) is 0 Å². The van der Waals surface area contributed by atoms with Crippen LogP contribution >= 0.6 is 34.4 Å². The van der Waals surface area contributed by atoms with Gasteiger partial charge in [-0.3, -0.25) is 14.4 Å². The van der Waals surface area contributed by atoms with E-state index < -0.39 is 5.25 Å². The fourth-order valence-corrected chi connectivity index (χ4v) is 3.66. The normalized spacial score (nSPS) is 17.2. The summed E-state index contributed by atoms with van der Waals surface area (Å²) >= 11 is 3.07. The van der Waals surface area contributed by atoms with Crippen molar-refractivity contribution in [3.63, 3.8) is 0 Å². The molecular formula is C17H13IN2O3S. The van der Waals surface area contributed by atoms with Crippen molar-refractivity contribution in [2.24, 2.45) is 0 Å². The number of rotatable bonds is 4. The van der Waals surface area contributed by atoms with Crippen molar-refractivity contribution < 1.29 is 14.4 Å². The highest BCUT2D eigenvalue weighted by molar-refractivity contribution is 14.1. The minimum Gasteiger partial charge on any atom is -0.326 e. The maximum absolute atomic E-state index is 12.5. The molecule has 2 aromatic rings. The lowest BCUT2D eigenvalue weighted by molar-refractivity contribution is -0.121. The van der Waals surface area contributed by atoms with E-state index >= 15 is 0 Å². The van der Waals surface area contributed by atoms with E-state index in [1.165, 1.54) is 0 Å². The molecule has 1 atom stereocenters. The predicted octanol–water partition coefficient (Wildman–Crippen LogP) is 3.89. The van der Waals surface area contributed by atoms with E-state index in [0.717, 1.165) is 20.2 Å². The molecule has 0 aromatic heterocycles. The minimum absolute atomic E-state index is 0.0371. The summed E-state index contributed by atoms with van der Waals surface area (Å²) in [4.78, 5) is 37.8. The molecule has 0 aliphatic carbocycles. The summed E-state index contributed by atoms with van der Waals surface area (Å²) in [5.41, 5.74) is 1.20. The smallest absolute Gasteiger partial charge is 0.293 e. The van der Waals surface area contributed by atoms with Gasteiger partial charge in [-0.25, -0.2) is 4.90 Å². The number of carbonyl (C=O) groups is 3. The van der Waals surface area contributed by atoms with Crippen LogP contribution in [-0.2, 0) is 9.59 Å². The van der Waals surface area contributed by atoms with Crippen LogP contribution in [0.5, 0.6) is 0 Å². The van der Waals surface area contributed by atoms with Crippen molar-refractivity contribution in [3.8, 4) is 0 Å². The summed E-state index contributed by atoms with van der Waals surface area (Å²) in [7, 11) is 0. The molecule has 0 radical (unpaired) electrons. The number of nitrogens with zero attached hydrogens (tertiary/aromatic N) is 1. The van der Waals surface area contributed by atoms with Crippen molar-refractivity contribution in [2.45, 2.75) is 11.7 Å². The van der Waals surface area contributed by atoms with Crippen molar-refractivity contribution in [2.75, 3.05) is 10.2 Å². The van der Waals surface area contributed by atoms with Crippen molar-refractivity contribution >= 4 is 62.8 Å². The average molecular weight is 452 g/mol. The Labute approximate surface area is 156 Å². The van der Waals surface area contributed by atoms with E-state index in [1.54, 1.807) is 36.4 Å². The molecule has 0 bridgehead atoms. The number of hydrogen-bond acceptors (Lipinski definition) is 4. The molecule has 3 rings (SSSR count). The zero-order valence-corrected chi connectivity index (χ0v) is 15.4. The quantitative estimate of drug-likeness (QED) is 0.716. The minimum atomic E-state index is -0.693. The zero-order valence-electron chi connectivity index (χ0n) is 12.4. The lowest BCUT2D eigenvalue weighted by Gasteiger charge is -2.13. The molecule has 1 fully saturated rings.